The fraction of sp³-hybridized carbons (Fsp3) is 0.294. The first-order valence-corrected chi connectivity index (χ1v) is 9.34. The third-order valence-corrected chi connectivity index (χ3v) is 5.98. The Hall–Kier alpha value is -1.37. The summed E-state index contributed by atoms with van der Waals surface area (Å²) >= 11 is 5.39. The van der Waals surface area contributed by atoms with E-state index in [2.05, 4.69) is 78.1 Å². The summed E-state index contributed by atoms with van der Waals surface area (Å²) in [4.78, 5) is 1.21. The van der Waals surface area contributed by atoms with Gasteiger partial charge in [0.25, 0.3) is 0 Å². The van der Waals surface area contributed by atoms with Crippen molar-refractivity contribution in [1.29, 1.82) is 0 Å². The van der Waals surface area contributed by atoms with Crippen molar-refractivity contribution in [2.45, 2.75) is 23.7 Å². The average molecular weight is 389 g/mol. The minimum absolute atomic E-state index is 0.692. The van der Waals surface area contributed by atoms with Crippen molar-refractivity contribution >= 4 is 38.9 Å². The molecule has 0 unspecified atom stereocenters. The predicted molar refractivity (Wildman–Crippen MR) is 97.4 cm³/mol. The van der Waals surface area contributed by atoms with E-state index in [1.807, 2.05) is 11.9 Å². The number of aromatic nitrogens is 3. The van der Waals surface area contributed by atoms with Crippen LogP contribution in [0.25, 0.3) is 11.0 Å². The SMILES string of the molecule is Brc1cc(SN2CCC(c3ccccc3)CC2)cc2n[nH]nc12. The Kier molecular flexibility index (Phi) is 4.37. The lowest BCUT2D eigenvalue weighted by Crippen LogP contribution is -2.27. The van der Waals surface area contributed by atoms with Crippen LogP contribution in [0.3, 0.4) is 0 Å². The monoisotopic (exact) mass is 388 g/mol. The molecular weight excluding hydrogens is 372 g/mol. The van der Waals surface area contributed by atoms with E-state index in [1.165, 1.54) is 23.3 Å². The third-order valence-electron chi connectivity index (χ3n) is 4.31. The highest BCUT2D eigenvalue weighted by molar-refractivity contribution is 9.10. The molecule has 2 aromatic carbocycles. The van der Waals surface area contributed by atoms with E-state index >= 15 is 0 Å². The van der Waals surface area contributed by atoms with Crippen molar-refractivity contribution in [2.24, 2.45) is 0 Å². The molecule has 0 saturated carbocycles. The number of hydrogen-bond acceptors (Lipinski definition) is 4. The molecule has 118 valence electrons. The lowest BCUT2D eigenvalue weighted by molar-refractivity contribution is 0.346. The van der Waals surface area contributed by atoms with Gasteiger partial charge in [-0.3, -0.25) is 0 Å². The fourth-order valence-electron chi connectivity index (χ4n) is 3.09. The molecular formula is C17H17BrN4S. The van der Waals surface area contributed by atoms with E-state index in [0.29, 0.717) is 5.92 Å². The summed E-state index contributed by atoms with van der Waals surface area (Å²) in [7, 11) is 0. The van der Waals surface area contributed by atoms with Gasteiger partial charge in [-0.1, -0.05) is 30.3 Å². The van der Waals surface area contributed by atoms with Crippen molar-refractivity contribution in [3.63, 3.8) is 0 Å². The van der Waals surface area contributed by atoms with Gasteiger partial charge < -0.3 is 0 Å². The molecule has 0 amide bonds. The number of benzene rings is 2. The summed E-state index contributed by atoms with van der Waals surface area (Å²) in [5.41, 5.74) is 3.27. The first-order chi connectivity index (χ1) is 11.3. The van der Waals surface area contributed by atoms with E-state index in [4.69, 9.17) is 0 Å². The molecule has 3 aromatic rings. The maximum absolute atomic E-state index is 4.19. The summed E-state index contributed by atoms with van der Waals surface area (Å²) in [5.74, 6) is 0.692. The molecule has 0 bridgehead atoms. The number of aromatic amines is 1. The molecule has 0 spiro atoms. The van der Waals surface area contributed by atoms with Crippen LogP contribution in [-0.4, -0.2) is 32.8 Å². The maximum Gasteiger partial charge on any atom is 0.127 e. The second-order valence-corrected chi connectivity index (χ2v) is 7.83. The van der Waals surface area contributed by atoms with Crippen LogP contribution in [0.4, 0.5) is 0 Å². The zero-order chi connectivity index (χ0) is 15.6. The first-order valence-electron chi connectivity index (χ1n) is 7.77. The Bertz CT molecular complexity index is 797. The Morgan fingerprint density at radius 3 is 2.65 bits per heavy atom. The van der Waals surface area contributed by atoms with Crippen molar-refractivity contribution in [3.05, 3.63) is 52.5 Å². The molecule has 1 N–H and O–H groups in total. The minimum atomic E-state index is 0.692. The van der Waals surface area contributed by atoms with Gasteiger partial charge >= 0.3 is 0 Å². The zero-order valence-corrected chi connectivity index (χ0v) is 15.0. The van der Waals surface area contributed by atoms with Crippen LogP contribution in [0.5, 0.6) is 0 Å². The Morgan fingerprint density at radius 2 is 1.87 bits per heavy atom. The average Bonchev–Trinajstić information content (AvgIpc) is 3.05. The Labute approximate surface area is 147 Å². The lowest BCUT2D eigenvalue weighted by Gasteiger charge is -2.31. The molecule has 4 nitrogen and oxygen atoms in total. The molecule has 0 aliphatic carbocycles. The quantitative estimate of drug-likeness (QED) is 0.665. The van der Waals surface area contributed by atoms with E-state index in [1.54, 1.807) is 0 Å². The van der Waals surface area contributed by atoms with Gasteiger partial charge in [0.15, 0.2) is 0 Å². The Morgan fingerprint density at radius 1 is 1.09 bits per heavy atom. The lowest BCUT2D eigenvalue weighted by atomic mass is 9.90. The molecule has 1 aliphatic heterocycles. The standard InChI is InChI=1S/C17H17BrN4S/c18-15-10-14(11-16-17(15)20-21-19-16)23-22-8-6-13(7-9-22)12-4-2-1-3-5-12/h1-5,10-11,13H,6-9H2,(H,19,20,21). The van der Waals surface area contributed by atoms with Crippen molar-refractivity contribution < 1.29 is 0 Å². The normalized spacial score (nSPS) is 16.9. The molecule has 0 atom stereocenters. The van der Waals surface area contributed by atoms with E-state index in [0.717, 1.165) is 28.6 Å². The van der Waals surface area contributed by atoms with Crippen molar-refractivity contribution in [3.8, 4) is 0 Å². The summed E-state index contributed by atoms with van der Waals surface area (Å²) in [6.07, 6.45) is 2.43. The molecule has 1 saturated heterocycles. The smallest absolute Gasteiger partial charge is 0.127 e. The van der Waals surface area contributed by atoms with Crippen LogP contribution >= 0.6 is 27.9 Å². The number of halogens is 1. The number of fused-ring (bicyclic) bond motifs is 1. The molecule has 1 fully saturated rings. The van der Waals surface area contributed by atoms with Crippen molar-refractivity contribution in [1.82, 2.24) is 19.7 Å². The third kappa shape index (κ3) is 3.29. The second kappa shape index (κ2) is 6.63. The van der Waals surface area contributed by atoms with Gasteiger partial charge in [0.2, 0.25) is 0 Å². The molecule has 4 rings (SSSR count). The molecule has 0 radical (unpaired) electrons. The van der Waals surface area contributed by atoms with Gasteiger partial charge in [-0.15, -0.1) is 0 Å². The summed E-state index contributed by atoms with van der Waals surface area (Å²) < 4.78 is 3.44. The molecule has 1 aliphatic rings. The van der Waals surface area contributed by atoms with Gasteiger partial charge in [0, 0.05) is 22.5 Å². The highest BCUT2D eigenvalue weighted by Crippen LogP contribution is 2.35. The van der Waals surface area contributed by atoms with Gasteiger partial charge in [-0.05, 0) is 64.3 Å². The van der Waals surface area contributed by atoms with E-state index < -0.39 is 0 Å². The van der Waals surface area contributed by atoms with Crippen molar-refractivity contribution in [2.75, 3.05) is 13.1 Å². The van der Waals surface area contributed by atoms with E-state index in [9.17, 15) is 0 Å². The number of nitrogens with one attached hydrogen (secondary N) is 1. The highest BCUT2D eigenvalue weighted by Gasteiger charge is 2.21. The topological polar surface area (TPSA) is 44.8 Å². The molecule has 1 aromatic heterocycles. The number of hydrogen-bond donors (Lipinski definition) is 1. The maximum atomic E-state index is 4.19. The predicted octanol–water partition coefficient (Wildman–Crippen LogP) is 4.61. The van der Waals surface area contributed by atoms with Gasteiger partial charge in [0.1, 0.15) is 11.0 Å². The van der Waals surface area contributed by atoms with Crippen LogP contribution in [0, 0.1) is 0 Å². The number of nitrogens with zero attached hydrogens (tertiary/aromatic N) is 3. The summed E-state index contributed by atoms with van der Waals surface area (Å²) in [6.45, 7) is 2.22. The summed E-state index contributed by atoms with van der Waals surface area (Å²) in [6, 6.07) is 15.1. The summed E-state index contributed by atoms with van der Waals surface area (Å²) in [5, 5.41) is 11.0. The first kappa shape index (κ1) is 15.2. The minimum Gasteiger partial charge on any atom is -0.246 e. The van der Waals surface area contributed by atoms with Gasteiger partial charge in [-0.25, -0.2) is 4.31 Å². The van der Waals surface area contributed by atoms with Gasteiger partial charge in [-0.2, -0.15) is 15.4 Å². The Balaban J connectivity index is 1.42. The number of H-pyrrole nitrogens is 1. The molecule has 2 heterocycles. The van der Waals surface area contributed by atoms with Crippen LogP contribution in [0.2, 0.25) is 0 Å². The van der Waals surface area contributed by atoms with Crippen LogP contribution in [0.15, 0.2) is 51.8 Å². The van der Waals surface area contributed by atoms with Crippen LogP contribution in [0.1, 0.15) is 24.3 Å². The van der Waals surface area contributed by atoms with Crippen LogP contribution in [-0.2, 0) is 0 Å². The molecule has 6 heteroatoms. The number of piperidine rings is 1. The molecule has 23 heavy (non-hydrogen) atoms. The van der Waals surface area contributed by atoms with Gasteiger partial charge in [0.05, 0.1) is 0 Å². The largest absolute Gasteiger partial charge is 0.246 e. The van der Waals surface area contributed by atoms with E-state index in [-0.39, 0.29) is 0 Å². The fourth-order valence-corrected chi connectivity index (χ4v) is 4.81. The highest BCUT2D eigenvalue weighted by atomic mass is 79.9. The number of rotatable bonds is 3. The second-order valence-electron chi connectivity index (χ2n) is 5.80. The zero-order valence-electron chi connectivity index (χ0n) is 12.6. The van der Waals surface area contributed by atoms with Crippen LogP contribution < -0.4 is 0 Å².